The Labute approximate surface area is 134 Å². The molecule has 24 heavy (non-hydrogen) atoms. The zero-order chi connectivity index (χ0) is 17.5. The number of amides is 2. The van der Waals surface area contributed by atoms with Crippen molar-refractivity contribution in [3.63, 3.8) is 0 Å². The van der Waals surface area contributed by atoms with Crippen LogP contribution in [0.15, 0.2) is 46.1 Å². The highest BCUT2D eigenvalue weighted by molar-refractivity contribution is 5.94. The Morgan fingerprint density at radius 1 is 1.33 bits per heavy atom. The summed E-state index contributed by atoms with van der Waals surface area (Å²) in [5.74, 6) is -1.69. The van der Waals surface area contributed by atoms with Crippen LogP contribution < -0.4 is 10.7 Å². The molecule has 0 saturated heterocycles. The van der Waals surface area contributed by atoms with Gasteiger partial charge in [0.25, 0.3) is 11.8 Å². The number of aromatic hydroxyl groups is 1. The number of para-hydroxylation sites is 1. The highest BCUT2D eigenvalue weighted by atomic mass is 16.6. The van der Waals surface area contributed by atoms with Crippen LogP contribution in [-0.2, 0) is 4.79 Å². The predicted octanol–water partition coefficient (Wildman–Crippen LogP) is 0.773. The van der Waals surface area contributed by atoms with Gasteiger partial charge in [0.05, 0.1) is 23.9 Å². The lowest BCUT2D eigenvalue weighted by atomic mass is 10.2. The summed E-state index contributed by atoms with van der Waals surface area (Å²) in [6.07, 6.45) is 2.37. The van der Waals surface area contributed by atoms with E-state index >= 15 is 0 Å². The van der Waals surface area contributed by atoms with Gasteiger partial charge >= 0.3 is 5.69 Å². The number of nitrogens with one attached hydrogen (secondary N) is 2. The number of hydrogen-bond donors (Lipinski definition) is 3. The van der Waals surface area contributed by atoms with E-state index in [2.05, 4.69) is 15.8 Å². The number of phenolic OH excluding ortho intramolecular Hbond substituents is 1. The lowest BCUT2D eigenvalue weighted by molar-refractivity contribution is -0.385. The summed E-state index contributed by atoms with van der Waals surface area (Å²) in [4.78, 5) is 33.0. The fourth-order valence-corrected chi connectivity index (χ4v) is 1.67. The second-order valence-corrected chi connectivity index (χ2v) is 4.43. The van der Waals surface area contributed by atoms with E-state index in [1.807, 2.05) is 0 Å². The first-order chi connectivity index (χ1) is 11.5. The van der Waals surface area contributed by atoms with Crippen LogP contribution in [0, 0.1) is 10.1 Å². The lowest BCUT2D eigenvalue weighted by Gasteiger charge is -2.02. The summed E-state index contributed by atoms with van der Waals surface area (Å²) >= 11 is 0. The van der Waals surface area contributed by atoms with Crippen LogP contribution in [0.5, 0.6) is 5.75 Å². The first-order valence-electron chi connectivity index (χ1n) is 6.59. The van der Waals surface area contributed by atoms with Crippen LogP contribution in [0.4, 0.5) is 5.69 Å². The summed E-state index contributed by atoms with van der Waals surface area (Å²) in [7, 11) is 0. The largest absolute Gasteiger partial charge is 0.502 e. The third-order valence-corrected chi connectivity index (χ3v) is 2.79. The van der Waals surface area contributed by atoms with Gasteiger partial charge in [-0.25, -0.2) is 5.43 Å². The van der Waals surface area contributed by atoms with Gasteiger partial charge < -0.3 is 14.8 Å². The Kier molecular flexibility index (Phi) is 5.24. The minimum Gasteiger partial charge on any atom is -0.502 e. The van der Waals surface area contributed by atoms with E-state index in [0.29, 0.717) is 0 Å². The van der Waals surface area contributed by atoms with Crippen molar-refractivity contribution in [1.82, 2.24) is 10.7 Å². The molecule has 0 fully saturated rings. The molecule has 0 aliphatic carbocycles. The number of benzene rings is 1. The number of hydrazone groups is 1. The number of phenols is 1. The van der Waals surface area contributed by atoms with Crippen molar-refractivity contribution in [1.29, 1.82) is 0 Å². The molecule has 1 heterocycles. The van der Waals surface area contributed by atoms with Crippen molar-refractivity contribution in [3.05, 3.63) is 58.0 Å². The fourth-order valence-electron chi connectivity index (χ4n) is 1.67. The minimum absolute atomic E-state index is 0.0594. The van der Waals surface area contributed by atoms with E-state index in [0.717, 1.165) is 12.3 Å². The fraction of sp³-hybridized carbons (Fsp3) is 0.0714. The standard InChI is InChI=1S/C14H12N4O6/c19-12(8-15-14(21)11-5-2-6-24-11)17-16-7-9-3-1-4-10(13(9)20)18(22)23/h1-7,20H,8H2,(H,15,21)(H,17,19). The molecule has 0 radical (unpaired) electrons. The number of carbonyl (C=O) groups is 2. The maximum Gasteiger partial charge on any atom is 0.311 e. The van der Waals surface area contributed by atoms with Crippen molar-refractivity contribution in [2.45, 2.75) is 0 Å². The highest BCUT2D eigenvalue weighted by Crippen LogP contribution is 2.27. The molecule has 124 valence electrons. The van der Waals surface area contributed by atoms with Crippen LogP contribution in [0.3, 0.4) is 0 Å². The molecule has 0 aliphatic heterocycles. The van der Waals surface area contributed by atoms with Crippen molar-refractivity contribution >= 4 is 23.7 Å². The van der Waals surface area contributed by atoms with Crippen LogP contribution in [0.1, 0.15) is 16.1 Å². The van der Waals surface area contributed by atoms with Crippen LogP contribution in [0.2, 0.25) is 0 Å². The number of nitro groups is 1. The predicted molar refractivity (Wildman–Crippen MR) is 81.5 cm³/mol. The molecule has 0 atom stereocenters. The molecule has 2 amide bonds. The SMILES string of the molecule is O=C(CNC(=O)c1ccco1)NN=Cc1cccc([N+](=O)[O-])c1O. The maximum absolute atomic E-state index is 11.5. The number of furan rings is 1. The second kappa shape index (κ2) is 7.54. The Hall–Kier alpha value is -3.69. The smallest absolute Gasteiger partial charge is 0.311 e. The van der Waals surface area contributed by atoms with Crippen molar-refractivity contribution in [2.24, 2.45) is 5.10 Å². The molecule has 0 bridgehead atoms. The van der Waals surface area contributed by atoms with Gasteiger partial charge in [-0.3, -0.25) is 19.7 Å². The zero-order valence-electron chi connectivity index (χ0n) is 12.1. The van der Waals surface area contributed by atoms with Gasteiger partial charge in [-0.2, -0.15) is 5.10 Å². The molecule has 0 aliphatic rings. The molecular weight excluding hydrogens is 320 g/mol. The highest BCUT2D eigenvalue weighted by Gasteiger charge is 2.15. The van der Waals surface area contributed by atoms with Gasteiger partial charge in [-0.1, -0.05) is 6.07 Å². The third-order valence-electron chi connectivity index (χ3n) is 2.79. The van der Waals surface area contributed by atoms with Crippen LogP contribution in [0.25, 0.3) is 0 Å². The second-order valence-electron chi connectivity index (χ2n) is 4.43. The number of carbonyl (C=O) groups excluding carboxylic acids is 2. The number of nitro benzene ring substituents is 1. The first-order valence-corrected chi connectivity index (χ1v) is 6.59. The zero-order valence-corrected chi connectivity index (χ0v) is 12.1. The number of rotatable bonds is 6. The van der Waals surface area contributed by atoms with E-state index in [4.69, 9.17) is 4.42 Å². The number of hydrogen-bond acceptors (Lipinski definition) is 7. The summed E-state index contributed by atoms with van der Waals surface area (Å²) in [5, 5.41) is 26.3. The van der Waals surface area contributed by atoms with Crippen molar-refractivity contribution in [2.75, 3.05) is 6.54 Å². The Balaban J connectivity index is 1.88. The molecule has 2 aromatic rings. The topological polar surface area (TPSA) is 147 Å². The minimum atomic E-state index is -0.741. The van der Waals surface area contributed by atoms with E-state index < -0.39 is 28.2 Å². The van der Waals surface area contributed by atoms with Gasteiger partial charge in [0, 0.05) is 11.6 Å². The molecule has 1 aromatic carbocycles. The van der Waals surface area contributed by atoms with E-state index in [9.17, 15) is 24.8 Å². The van der Waals surface area contributed by atoms with E-state index in [1.54, 1.807) is 0 Å². The average Bonchev–Trinajstić information content (AvgIpc) is 3.08. The Morgan fingerprint density at radius 3 is 2.79 bits per heavy atom. The first kappa shape index (κ1) is 16.7. The molecule has 0 spiro atoms. The molecule has 2 rings (SSSR count). The average molecular weight is 332 g/mol. The number of nitrogens with zero attached hydrogens (tertiary/aromatic N) is 2. The quantitative estimate of drug-likeness (QED) is 0.404. The Bertz CT molecular complexity index is 785. The molecule has 0 saturated carbocycles. The van der Waals surface area contributed by atoms with Crippen LogP contribution in [-0.4, -0.2) is 34.6 Å². The summed E-state index contributed by atoms with van der Waals surface area (Å²) in [5.41, 5.74) is 1.70. The molecular formula is C14H12N4O6. The molecule has 3 N–H and O–H groups in total. The van der Waals surface area contributed by atoms with E-state index in [-0.39, 0.29) is 17.9 Å². The van der Waals surface area contributed by atoms with Crippen molar-refractivity contribution < 1.29 is 24.0 Å². The van der Waals surface area contributed by atoms with Gasteiger partial charge in [0.2, 0.25) is 5.75 Å². The van der Waals surface area contributed by atoms with E-state index in [1.165, 1.54) is 30.5 Å². The summed E-state index contributed by atoms with van der Waals surface area (Å²) in [6, 6.07) is 6.86. The molecule has 1 aromatic heterocycles. The maximum atomic E-state index is 11.5. The van der Waals surface area contributed by atoms with Gasteiger partial charge in [0.15, 0.2) is 5.76 Å². The molecule has 0 unspecified atom stereocenters. The van der Waals surface area contributed by atoms with Gasteiger partial charge in [0.1, 0.15) is 0 Å². The van der Waals surface area contributed by atoms with Gasteiger partial charge in [-0.15, -0.1) is 0 Å². The summed E-state index contributed by atoms with van der Waals surface area (Å²) in [6.45, 7) is -0.349. The van der Waals surface area contributed by atoms with Crippen LogP contribution >= 0.6 is 0 Å². The third kappa shape index (κ3) is 4.16. The van der Waals surface area contributed by atoms with Crippen molar-refractivity contribution in [3.8, 4) is 5.75 Å². The summed E-state index contributed by atoms with van der Waals surface area (Å²) < 4.78 is 4.85. The lowest BCUT2D eigenvalue weighted by Crippen LogP contribution is -2.34. The normalized spacial score (nSPS) is 10.5. The van der Waals surface area contributed by atoms with Gasteiger partial charge in [-0.05, 0) is 18.2 Å². The Morgan fingerprint density at radius 2 is 2.12 bits per heavy atom. The monoisotopic (exact) mass is 332 g/mol. The molecule has 10 heteroatoms. The molecule has 10 nitrogen and oxygen atoms in total.